The normalized spacial score (nSPS) is 24.5. The minimum Gasteiger partial charge on any atom is -0.489 e. The smallest absolute Gasteiger partial charge is 0.356 e. The third-order valence-electron chi connectivity index (χ3n) is 3.28. The van der Waals surface area contributed by atoms with Crippen molar-refractivity contribution in [2.75, 3.05) is 14.2 Å². The van der Waals surface area contributed by atoms with E-state index >= 15 is 0 Å². The third-order valence-corrected chi connectivity index (χ3v) is 4.04. The van der Waals surface area contributed by atoms with E-state index in [-0.39, 0.29) is 54.0 Å². The second kappa shape index (κ2) is 7.15. The number of nitrogens with one attached hydrogen (secondary N) is 1. The van der Waals surface area contributed by atoms with Gasteiger partial charge in [0.2, 0.25) is 5.76 Å². The van der Waals surface area contributed by atoms with Crippen LogP contribution in [0.3, 0.4) is 0 Å². The number of ether oxygens (including phenoxy) is 1. The molecule has 1 rings (SSSR count). The number of carbonyl (C=O) groups is 2. The van der Waals surface area contributed by atoms with Gasteiger partial charge in [0.05, 0.1) is 11.9 Å². The average molecular weight is 361 g/mol. The number of alkyl halides is 1. The number of methoxy groups -OCH3 is 1. The summed E-state index contributed by atoms with van der Waals surface area (Å²) in [5.41, 5.74) is -0.985. The van der Waals surface area contributed by atoms with Crippen molar-refractivity contribution in [3.05, 3.63) is 11.5 Å². The summed E-state index contributed by atoms with van der Waals surface area (Å²) in [6, 6.07) is 0. The molecule has 2 atom stereocenters. The molecule has 0 radical (unpaired) electrons. The second-order valence-corrected chi connectivity index (χ2v) is 5.47. The van der Waals surface area contributed by atoms with E-state index in [1.807, 2.05) is 13.8 Å². The van der Waals surface area contributed by atoms with Crippen molar-refractivity contribution in [1.29, 1.82) is 0 Å². The van der Waals surface area contributed by atoms with Crippen LogP contribution in [0.5, 0.6) is 0 Å². The number of hydrogen-bond donors (Lipinski definition) is 2. The summed E-state index contributed by atoms with van der Waals surface area (Å²) in [5.74, 6) is -1.83. The molecule has 0 saturated heterocycles. The number of carboxylic acids is 1. The molecule has 110 valence electrons. The maximum absolute atomic E-state index is 12.2. The zero-order chi connectivity index (χ0) is 14.1. The van der Waals surface area contributed by atoms with Crippen molar-refractivity contribution in [3.8, 4) is 0 Å². The van der Waals surface area contributed by atoms with Gasteiger partial charge in [-0.15, -0.1) is 0 Å². The van der Waals surface area contributed by atoms with Crippen molar-refractivity contribution in [2.24, 2.45) is 0 Å². The van der Waals surface area contributed by atoms with Crippen LogP contribution in [0.25, 0.3) is 0 Å². The number of rotatable bonds is 4. The van der Waals surface area contributed by atoms with Crippen molar-refractivity contribution >= 4 is 27.8 Å². The van der Waals surface area contributed by atoms with Gasteiger partial charge in [-0.05, 0) is 13.3 Å². The summed E-state index contributed by atoms with van der Waals surface area (Å²) >= 11 is 3.43. The molecule has 0 spiro atoms. The molecule has 0 aliphatic carbocycles. The Balaban J connectivity index is 0.00000324. The molecular weight excluding hydrogens is 344 g/mol. The molecular formula is C11H17ArBrN2O4. The fourth-order valence-electron chi connectivity index (χ4n) is 2.11. The summed E-state index contributed by atoms with van der Waals surface area (Å²) in [6.45, 7) is 3.74. The molecule has 19 heavy (non-hydrogen) atoms. The monoisotopic (exact) mass is 360 g/mol. The SMILES string of the molecule is CCC1(C(C)Br)NC(C(=O)O)=C(OC)C(=O)N1C.[Ar]. The number of nitrogens with zero attached hydrogens (tertiary/aromatic N) is 1. The van der Waals surface area contributed by atoms with Gasteiger partial charge in [-0.25, -0.2) is 4.79 Å². The van der Waals surface area contributed by atoms with E-state index in [9.17, 15) is 9.59 Å². The fraction of sp³-hybridized carbons (Fsp3) is 0.636. The molecule has 2 unspecified atom stereocenters. The van der Waals surface area contributed by atoms with Crippen LogP contribution >= 0.6 is 15.9 Å². The largest absolute Gasteiger partial charge is 0.489 e. The second-order valence-electron chi connectivity index (χ2n) is 4.10. The number of carbonyl (C=O) groups excluding carboxylic acids is 1. The number of halogens is 1. The Morgan fingerprint density at radius 2 is 2.16 bits per heavy atom. The van der Waals surface area contributed by atoms with E-state index in [4.69, 9.17) is 9.84 Å². The molecule has 8 heteroatoms. The van der Waals surface area contributed by atoms with Gasteiger partial charge in [-0.3, -0.25) is 4.79 Å². The molecule has 1 aliphatic heterocycles. The predicted octanol–water partition coefficient (Wildman–Crippen LogP) is 0.880. The quantitative estimate of drug-likeness (QED) is 0.727. The van der Waals surface area contributed by atoms with Crippen molar-refractivity contribution in [1.82, 2.24) is 10.2 Å². The Hall–Kier alpha value is 0.0197. The van der Waals surface area contributed by atoms with Crippen molar-refractivity contribution in [2.45, 2.75) is 30.8 Å². The Morgan fingerprint density at radius 3 is 2.47 bits per heavy atom. The van der Waals surface area contributed by atoms with Gasteiger partial charge in [0.1, 0.15) is 5.66 Å². The Labute approximate surface area is 150 Å². The van der Waals surface area contributed by atoms with Gasteiger partial charge in [0, 0.05) is 44.8 Å². The molecule has 1 amide bonds. The van der Waals surface area contributed by atoms with Crippen LogP contribution in [0, 0.1) is 37.7 Å². The van der Waals surface area contributed by atoms with E-state index in [2.05, 4.69) is 21.2 Å². The first-order valence-electron chi connectivity index (χ1n) is 5.53. The van der Waals surface area contributed by atoms with Crippen LogP contribution in [0.1, 0.15) is 20.3 Å². The summed E-state index contributed by atoms with van der Waals surface area (Å²) in [6.07, 6.45) is 0.551. The molecule has 6 nitrogen and oxygen atoms in total. The molecule has 2 N–H and O–H groups in total. The van der Waals surface area contributed by atoms with E-state index in [1.54, 1.807) is 7.05 Å². The Kier molecular flexibility index (Phi) is 7.16. The van der Waals surface area contributed by atoms with Crippen LogP contribution in [0.4, 0.5) is 0 Å². The van der Waals surface area contributed by atoms with Crippen LogP contribution < -0.4 is 5.32 Å². The summed E-state index contributed by atoms with van der Waals surface area (Å²) in [7, 11) is 2.90. The number of hydrogen-bond acceptors (Lipinski definition) is 4. The van der Waals surface area contributed by atoms with Gasteiger partial charge < -0.3 is 20.1 Å². The van der Waals surface area contributed by atoms with Gasteiger partial charge in [0.25, 0.3) is 5.91 Å². The third kappa shape index (κ3) is 3.20. The van der Waals surface area contributed by atoms with Crippen LogP contribution in [0.15, 0.2) is 11.5 Å². The molecule has 0 saturated carbocycles. The summed E-state index contributed by atoms with van der Waals surface area (Å²) in [4.78, 5) is 24.7. The molecule has 1 aliphatic rings. The minimum atomic E-state index is -1.21. The predicted molar refractivity (Wildman–Crippen MR) is 69.0 cm³/mol. The molecule has 0 aromatic heterocycles. The van der Waals surface area contributed by atoms with E-state index in [1.165, 1.54) is 12.0 Å². The Morgan fingerprint density at radius 1 is 1.63 bits per heavy atom. The van der Waals surface area contributed by atoms with E-state index in [0.717, 1.165) is 0 Å². The summed E-state index contributed by atoms with van der Waals surface area (Å²) < 4.78 is 4.90. The standard InChI is InChI=1S/C11H17BrN2O4.Ar/c1-5-11(6(2)12)13-7(10(16)17)8(18-4)9(15)14(11)3;/h6,13H,5H2,1-4H3,(H,16,17);. The molecule has 1 heterocycles. The van der Waals surface area contributed by atoms with Crippen LogP contribution in [0.2, 0.25) is 0 Å². The maximum Gasteiger partial charge on any atom is 0.356 e. The van der Waals surface area contributed by atoms with Gasteiger partial charge >= 0.3 is 5.97 Å². The van der Waals surface area contributed by atoms with Gasteiger partial charge in [0.15, 0.2) is 5.70 Å². The fourth-order valence-corrected chi connectivity index (χ4v) is 2.86. The topological polar surface area (TPSA) is 78.9 Å². The zero-order valence-corrected chi connectivity index (χ0v) is 13.4. The molecule has 0 aromatic rings. The van der Waals surface area contributed by atoms with E-state index < -0.39 is 17.5 Å². The molecule has 0 bridgehead atoms. The zero-order valence-electron chi connectivity index (χ0n) is 11.1. The molecule has 0 aromatic carbocycles. The van der Waals surface area contributed by atoms with Crippen LogP contribution in [-0.4, -0.2) is 46.5 Å². The number of amides is 1. The first-order chi connectivity index (χ1) is 8.31. The number of likely N-dealkylation sites (N-methyl/N-ethyl adjacent to an activating group) is 1. The number of carboxylic acid groups (broad SMARTS) is 1. The first-order valence-corrected chi connectivity index (χ1v) is 6.45. The van der Waals surface area contributed by atoms with Crippen LogP contribution in [-0.2, 0) is 14.3 Å². The summed E-state index contributed by atoms with van der Waals surface area (Å²) in [5, 5.41) is 12.1. The first kappa shape index (κ1) is 19.0. The maximum atomic E-state index is 12.2. The van der Waals surface area contributed by atoms with E-state index in [0.29, 0.717) is 6.42 Å². The van der Waals surface area contributed by atoms with Crippen molar-refractivity contribution < 1.29 is 57.2 Å². The van der Waals surface area contributed by atoms with Crippen molar-refractivity contribution in [3.63, 3.8) is 0 Å². The Bertz CT molecular complexity index is 413. The molecule has 0 fully saturated rings. The minimum absolute atomic E-state index is 0. The van der Waals surface area contributed by atoms with Gasteiger partial charge in [-0.2, -0.15) is 0 Å². The number of aliphatic carboxylic acids is 1. The average Bonchev–Trinajstić information content (AvgIpc) is 2.31. The van der Waals surface area contributed by atoms with Gasteiger partial charge in [-0.1, -0.05) is 22.9 Å².